The molecular formula is C12H11BrClN3O2. The summed E-state index contributed by atoms with van der Waals surface area (Å²) in [5.41, 5.74) is 2.61. The van der Waals surface area contributed by atoms with Gasteiger partial charge in [-0.25, -0.2) is 4.68 Å². The highest BCUT2D eigenvalue weighted by atomic mass is 79.9. The molecule has 0 bridgehead atoms. The van der Waals surface area contributed by atoms with Gasteiger partial charge in [-0.3, -0.25) is 10.1 Å². The Labute approximate surface area is 123 Å². The van der Waals surface area contributed by atoms with E-state index >= 15 is 0 Å². The van der Waals surface area contributed by atoms with E-state index in [0.29, 0.717) is 27.4 Å². The summed E-state index contributed by atoms with van der Waals surface area (Å²) < 4.78 is 1.51. The van der Waals surface area contributed by atoms with Gasteiger partial charge in [0.2, 0.25) is 0 Å². The molecule has 0 fully saturated rings. The maximum Gasteiger partial charge on any atom is 0.295 e. The van der Waals surface area contributed by atoms with E-state index in [-0.39, 0.29) is 5.69 Å². The van der Waals surface area contributed by atoms with E-state index in [1.807, 2.05) is 6.07 Å². The molecule has 0 amide bonds. The van der Waals surface area contributed by atoms with Crippen molar-refractivity contribution in [3.05, 3.63) is 50.3 Å². The van der Waals surface area contributed by atoms with Gasteiger partial charge in [-0.1, -0.05) is 33.6 Å². The minimum absolute atomic E-state index is 0.0132. The molecular weight excluding hydrogens is 334 g/mol. The minimum Gasteiger partial charge on any atom is -0.258 e. The van der Waals surface area contributed by atoms with E-state index in [0.717, 1.165) is 5.56 Å². The van der Waals surface area contributed by atoms with E-state index in [9.17, 15) is 10.1 Å². The summed E-state index contributed by atoms with van der Waals surface area (Å²) >= 11 is 9.36. The third-order valence-corrected chi connectivity index (χ3v) is 4.02. The fourth-order valence-electron chi connectivity index (χ4n) is 1.84. The molecule has 1 aromatic heterocycles. The van der Waals surface area contributed by atoms with E-state index in [1.54, 1.807) is 19.9 Å². The minimum atomic E-state index is -0.411. The monoisotopic (exact) mass is 343 g/mol. The summed E-state index contributed by atoms with van der Waals surface area (Å²) in [6.45, 7) is 3.55. The Balaban J connectivity index is 2.67. The van der Waals surface area contributed by atoms with Crippen molar-refractivity contribution in [1.82, 2.24) is 9.78 Å². The fraction of sp³-hybridized carbons (Fsp3) is 0.250. The first-order chi connectivity index (χ1) is 8.95. The van der Waals surface area contributed by atoms with Crippen LogP contribution in [0.25, 0.3) is 5.69 Å². The van der Waals surface area contributed by atoms with Crippen molar-refractivity contribution in [3.63, 3.8) is 0 Å². The van der Waals surface area contributed by atoms with Crippen molar-refractivity contribution >= 4 is 33.2 Å². The van der Waals surface area contributed by atoms with Crippen molar-refractivity contribution in [2.75, 3.05) is 0 Å². The maximum atomic E-state index is 11.2. The molecule has 0 spiro atoms. The Bertz CT molecular complexity index is 655. The van der Waals surface area contributed by atoms with Gasteiger partial charge in [0.15, 0.2) is 0 Å². The number of hydrogen-bond donors (Lipinski definition) is 0. The summed E-state index contributed by atoms with van der Waals surface area (Å²) in [5.74, 6) is 0. The number of alkyl halides is 1. The standard InChI is InChI=1S/C12H11BrClN3O2/c1-7-12(14)8(2)16(15-7)10-4-3-9(6-13)5-11(10)17(18)19/h3-5H,6H2,1-2H3. The molecule has 0 atom stereocenters. The third-order valence-electron chi connectivity index (χ3n) is 2.82. The first kappa shape index (κ1) is 14.0. The van der Waals surface area contributed by atoms with Crippen LogP contribution in [0.15, 0.2) is 18.2 Å². The molecule has 100 valence electrons. The number of nitro groups is 1. The lowest BCUT2D eigenvalue weighted by atomic mass is 10.2. The molecule has 0 aliphatic rings. The molecule has 0 saturated carbocycles. The van der Waals surface area contributed by atoms with Crippen molar-refractivity contribution in [1.29, 1.82) is 0 Å². The number of aryl methyl sites for hydroxylation is 1. The van der Waals surface area contributed by atoms with Gasteiger partial charge in [-0.2, -0.15) is 5.10 Å². The Morgan fingerprint density at radius 1 is 1.47 bits per heavy atom. The van der Waals surface area contributed by atoms with Crippen LogP contribution in [0.3, 0.4) is 0 Å². The molecule has 1 aromatic carbocycles. The van der Waals surface area contributed by atoms with E-state index in [2.05, 4.69) is 21.0 Å². The molecule has 0 saturated heterocycles. The Morgan fingerprint density at radius 2 is 2.16 bits per heavy atom. The van der Waals surface area contributed by atoms with Crippen LogP contribution in [0.1, 0.15) is 17.0 Å². The highest BCUT2D eigenvalue weighted by Crippen LogP contribution is 2.29. The highest BCUT2D eigenvalue weighted by Gasteiger charge is 2.20. The predicted molar refractivity (Wildman–Crippen MR) is 77.3 cm³/mol. The molecule has 0 aliphatic heterocycles. The van der Waals surface area contributed by atoms with Crippen molar-refractivity contribution in [2.45, 2.75) is 19.2 Å². The number of rotatable bonds is 3. The SMILES string of the molecule is Cc1nn(-c2ccc(CBr)cc2[N+](=O)[O-])c(C)c1Cl. The molecule has 0 aliphatic carbocycles. The number of nitro benzene ring substituents is 1. The van der Waals surface area contributed by atoms with Crippen molar-refractivity contribution < 1.29 is 4.92 Å². The summed E-state index contributed by atoms with van der Waals surface area (Å²) in [7, 11) is 0. The van der Waals surface area contributed by atoms with Crippen LogP contribution in [0.2, 0.25) is 5.02 Å². The third kappa shape index (κ3) is 2.50. The normalized spacial score (nSPS) is 10.7. The topological polar surface area (TPSA) is 61.0 Å². The molecule has 19 heavy (non-hydrogen) atoms. The Kier molecular flexibility index (Phi) is 3.91. The lowest BCUT2D eigenvalue weighted by Gasteiger charge is -2.06. The predicted octanol–water partition coefficient (Wildman–Crippen LogP) is 3.95. The van der Waals surface area contributed by atoms with Gasteiger partial charge in [-0.15, -0.1) is 0 Å². The van der Waals surface area contributed by atoms with Crippen molar-refractivity contribution in [2.24, 2.45) is 0 Å². The number of hydrogen-bond acceptors (Lipinski definition) is 3. The van der Waals surface area contributed by atoms with Gasteiger partial charge in [0.25, 0.3) is 5.69 Å². The van der Waals surface area contributed by atoms with Gasteiger partial charge < -0.3 is 0 Å². The molecule has 0 N–H and O–H groups in total. The maximum absolute atomic E-state index is 11.2. The molecule has 5 nitrogen and oxygen atoms in total. The van der Waals surface area contributed by atoms with Crippen LogP contribution >= 0.6 is 27.5 Å². The summed E-state index contributed by atoms with van der Waals surface area (Å²) in [4.78, 5) is 10.8. The van der Waals surface area contributed by atoms with Gasteiger partial charge >= 0.3 is 0 Å². The second-order valence-electron chi connectivity index (χ2n) is 4.11. The molecule has 0 unspecified atom stereocenters. The van der Waals surface area contributed by atoms with Gasteiger partial charge in [-0.05, 0) is 25.5 Å². The summed E-state index contributed by atoms with van der Waals surface area (Å²) in [6.07, 6.45) is 0. The lowest BCUT2D eigenvalue weighted by Crippen LogP contribution is -2.04. The highest BCUT2D eigenvalue weighted by molar-refractivity contribution is 9.08. The first-order valence-corrected chi connectivity index (χ1v) is 7.01. The smallest absolute Gasteiger partial charge is 0.258 e. The first-order valence-electron chi connectivity index (χ1n) is 5.51. The lowest BCUT2D eigenvalue weighted by molar-refractivity contribution is -0.384. The average molecular weight is 345 g/mol. The van der Waals surface area contributed by atoms with Gasteiger partial charge in [0, 0.05) is 11.4 Å². The largest absolute Gasteiger partial charge is 0.295 e. The Hall–Kier alpha value is -1.40. The zero-order valence-corrected chi connectivity index (χ0v) is 12.7. The van der Waals surface area contributed by atoms with Crippen LogP contribution in [0, 0.1) is 24.0 Å². The second-order valence-corrected chi connectivity index (χ2v) is 5.05. The van der Waals surface area contributed by atoms with E-state index in [4.69, 9.17) is 11.6 Å². The van der Waals surface area contributed by atoms with Crippen LogP contribution in [-0.2, 0) is 5.33 Å². The summed E-state index contributed by atoms with van der Waals surface area (Å²) in [6, 6.07) is 5.04. The van der Waals surface area contributed by atoms with E-state index in [1.165, 1.54) is 10.7 Å². The van der Waals surface area contributed by atoms with Crippen molar-refractivity contribution in [3.8, 4) is 5.69 Å². The number of nitrogens with zero attached hydrogens (tertiary/aromatic N) is 3. The molecule has 2 aromatic rings. The molecule has 1 heterocycles. The number of aromatic nitrogens is 2. The van der Waals surface area contributed by atoms with Crippen LogP contribution in [0.4, 0.5) is 5.69 Å². The van der Waals surface area contributed by atoms with Crippen LogP contribution in [-0.4, -0.2) is 14.7 Å². The fourth-order valence-corrected chi connectivity index (χ4v) is 2.30. The van der Waals surface area contributed by atoms with Crippen LogP contribution < -0.4 is 0 Å². The molecule has 0 radical (unpaired) electrons. The zero-order chi connectivity index (χ0) is 14.2. The van der Waals surface area contributed by atoms with Gasteiger partial charge in [0.1, 0.15) is 5.69 Å². The number of benzene rings is 1. The van der Waals surface area contributed by atoms with Gasteiger partial charge in [0.05, 0.1) is 21.3 Å². The Morgan fingerprint density at radius 3 is 2.63 bits per heavy atom. The summed E-state index contributed by atoms with van der Waals surface area (Å²) in [5, 5.41) is 16.5. The van der Waals surface area contributed by atoms with E-state index < -0.39 is 4.92 Å². The molecule has 7 heteroatoms. The molecule has 2 rings (SSSR count). The quantitative estimate of drug-likeness (QED) is 0.481. The number of halogens is 2. The van der Waals surface area contributed by atoms with Crippen LogP contribution in [0.5, 0.6) is 0 Å². The zero-order valence-electron chi connectivity index (χ0n) is 10.4. The average Bonchev–Trinajstić information content (AvgIpc) is 2.65. The second kappa shape index (κ2) is 5.30.